The number of aliphatic hydroxyl groups excluding tert-OH is 1. The maximum atomic E-state index is 10.4. The molecular weight excluding hydrogens is 312 g/mol. The van der Waals surface area contributed by atoms with Gasteiger partial charge < -0.3 is 9.84 Å². The van der Waals surface area contributed by atoms with E-state index in [1.807, 2.05) is 42.8 Å². The van der Waals surface area contributed by atoms with Gasteiger partial charge in [0.05, 0.1) is 6.61 Å². The van der Waals surface area contributed by atoms with Gasteiger partial charge in [-0.05, 0) is 53.4 Å². The topological polar surface area (TPSA) is 29.5 Å². The minimum atomic E-state index is -0.596. The van der Waals surface area contributed by atoms with E-state index in [1.54, 1.807) is 11.3 Å². The smallest absolute Gasteiger partial charge is 0.120 e. The number of rotatable bonds is 4. The van der Waals surface area contributed by atoms with Crippen molar-refractivity contribution < 1.29 is 9.84 Å². The van der Waals surface area contributed by atoms with Crippen molar-refractivity contribution in [1.82, 2.24) is 0 Å². The third-order valence-corrected chi connectivity index (χ3v) is 4.33. The monoisotopic (exact) mass is 326 g/mol. The van der Waals surface area contributed by atoms with Crippen molar-refractivity contribution >= 4 is 27.3 Å². The molecule has 1 heterocycles. The molecule has 0 spiro atoms. The molecule has 18 heavy (non-hydrogen) atoms. The van der Waals surface area contributed by atoms with Crippen molar-refractivity contribution in [3.05, 3.63) is 50.1 Å². The Hall–Kier alpha value is -0.840. The van der Waals surface area contributed by atoms with Gasteiger partial charge in [0, 0.05) is 4.47 Å². The number of ether oxygens (including phenoxy) is 1. The van der Waals surface area contributed by atoms with Crippen LogP contribution in [0.3, 0.4) is 0 Å². The minimum Gasteiger partial charge on any atom is -0.494 e. The lowest BCUT2D eigenvalue weighted by molar-refractivity contribution is 0.219. The highest BCUT2D eigenvalue weighted by Crippen LogP contribution is 2.33. The molecule has 0 radical (unpaired) electrons. The summed E-state index contributed by atoms with van der Waals surface area (Å²) in [4.78, 5) is 0. The molecule has 0 aliphatic carbocycles. The summed E-state index contributed by atoms with van der Waals surface area (Å²) >= 11 is 5.10. The molecule has 1 aromatic carbocycles. The first-order chi connectivity index (χ1) is 8.63. The average molecular weight is 327 g/mol. The summed E-state index contributed by atoms with van der Waals surface area (Å²) in [6, 6.07) is 5.68. The Morgan fingerprint density at radius 2 is 2.11 bits per heavy atom. The second-order valence-electron chi connectivity index (χ2n) is 4.03. The minimum absolute atomic E-state index is 0.596. The van der Waals surface area contributed by atoms with Crippen LogP contribution in [0.2, 0.25) is 0 Å². The first-order valence-corrected chi connectivity index (χ1v) is 7.50. The van der Waals surface area contributed by atoms with Crippen molar-refractivity contribution in [3.8, 4) is 5.75 Å². The highest BCUT2D eigenvalue weighted by molar-refractivity contribution is 9.10. The number of benzene rings is 1. The van der Waals surface area contributed by atoms with Crippen LogP contribution >= 0.6 is 27.3 Å². The van der Waals surface area contributed by atoms with Gasteiger partial charge in [0.25, 0.3) is 0 Å². The standard InChI is InChI=1S/C14H15BrO2S/c1-3-17-10-4-5-11(13(15)6-10)14(16)12-8-18-7-9(12)2/h4-8,14,16H,3H2,1-2H3. The number of halogens is 1. The summed E-state index contributed by atoms with van der Waals surface area (Å²) in [7, 11) is 0. The van der Waals surface area contributed by atoms with Crippen LogP contribution in [0.15, 0.2) is 33.4 Å². The van der Waals surface area contributed by atoms with E-state index in [4.69, 9.17) is 4.74 Å². The zero-order chi connectivity index (χ0) is 13.1. The van der Waals surface area contributed by atoms with Crippen LogP contribution in [0, 0.1) is 6.92 Å². The van der Waals surface area contributed by atoms with Gasteiger partial charge in [-0.15, -0.1) is 0 Å². The molecule has 0 saturated carbocycles. The Labute approximate surface area is 119 Å². The molecule has 4 heteroatoms. The fourth-order valence-electron chi connectivity index (χ4n) is 1.80. The summed E-state index contributed by atoms with van der Waals surface area (Å²) in [6.07, 6.45) is -0.596. The number of aliphatic hydroxyl groups is 1. The maximum absolute atomic E-state index is 10.4. The van der Waals surface area contributed by atoms with Gasteiger partial charge in [-0.1, -0.05) is 22.0 Å². The van der Waals surface area contributed by atoms with Crippen LogP contribution in [0.5, 0.6) is 5.75 Å². The molecule has 0 amide bonds. The Morgan fingerprint density at radius 1 is 1.33 bits per heavy atom. The lowest BCUT2D eigenvalue weighted by atomic mass is 10.0. The second kappa shape index (κ2) is 5.87. The summed E-state index contributed by atoms with van der Waals surface area (Å²) in [5.41, 5.74) is 2.94. The molecular formula is C14H15BrO2S. The first kappa shape index (κ1) is 13.6. The summed E-state index contributed by atoms with van der Waals surface area (Å²) in [5, 5.41) is 14.4. The van der Waals surface area contributed by atoms with Gasteiger partial charge in [0.15, 0.2) is 0 Å². The molecule has 2 nitrogen and oxygen atoms in total. The molecule has 0 aliphatic rings. The Bertz CT molecular complexity index is 536. The first-order valence-electron chi connectivity index (χ1n) is 5.76. The summed E-state index contributed by atoms with van der Waals surface area (Å²) in [6.45, 7) is 4.60. The lowest BCUT2D eigenvalue weighted by Crippen LogP contribution is -2.01. The van der Waals surface area contributed by atoms with Crippen molar-refractivity contribution in [3.63, 3.8) is 0 Å². The van der Waals surface area contributed by atoms with E-state index in [2.05, 4.69) is 15.9 Å². The highest BCUT2D eigenvalue weighted by Gasteiger charge is 2.16. The maximum Gasteiger partial charge on any atom is 0.120 e. The average Bonchev–Trinajstić information content (AvgIpc) is 2.75. The normalized spacial score (nSPS) is 12.4. The molecule has 0 aliphatic heterocycles. The van der Waals surface area contributed by atoms with Crippen LogP contribution in [-0.4, -0.2) is 11.7 Å². The molecule has 1 atom stereocenters. The van der Waals surface area contributed by atoms with E-state index in [0.29, 0.717) is 6.61 Å². The molecule has 1 aromatic heterocycles. The fraction of sp³-hybridized carbons (Fsp3) is 0.286. The Kier molecular flexibility index (Phi) is 4.43. The van der Waals surface area contributed by atoms with Gasteiger partial charge >= 0.3 is 0 Å². The fourth-order valence-corrected chi connectivity index (χ4v) is 3.25. The number of hydrogen-bond acceptors (Lipinski definition) is 3. The van der Waals surface area contributed by atoms with Crippen LogP contribution in [0.4, 0.5) is 0 Å². The molecule has 1 unspecified atom stereocenters. The van der Waals surface area contributed by atoms with Crippen LogP contribution < -0.4 is 4.74 Å². The summed E-state index contributed by atoms with van der Waals surface area (Å²) < 4.78 is 6.29. The third-order valence-electron chi connectivity index (χ3n) is 2.77. The Balaban J connectivity index is 2.31. The zero-order valence-corrected chi connectivity index (χ0v) is 12.7. The molecule has 2 rings (SSSR count). The molecule has 0 fully saturated rings. The van der Waals surface area contributed by atoms with Gasteiger partial charge in [-0.2, -0.15) is 11.3 Å². The van der Waals surface area contributed by atoms with E-state index >= 15 is 0 Å². The SMILES string of the molecule is CCOc1ccc(C(O)c2cscc2C)c(Br)c1. The molecule has 1 N–H and O–H groups in total. The van der Waals surface area contributed by atoms with E-state index in [-0.39, 0.29) is 0 Å². The molecule has 96 valence electrons. The largest absolute Gasteiger partial charge is 0.494 e. The second-order valence-corrected chi connectivity index (χ2v) is 5.63. The Morgan fingerprint density at radius 3 is 2.67 bits per heavy atom. The van der Waals surface area contributed by atoms with Crippen molar-refractivity contribution in [1.29, 1.82) is 0 Å². The van der Waals surface area contributed by atoms with Gasteiger partial charge in [0.1, 0.15) is 11.9 Å². The molecule has 2 aromatic rings. The van der Waals surface area contributed by atoms with E-state index in [0.717, 1.165) is 26.9 Å². The molecule has 0 bridgehead atoms. The predicted molar refractivity (Wildman–Crippen MR) is 78.4 cm³/mol. The van der Waals surface area contributed by atoms with Crippen molar-refractivity contribution in [2.45, 2.75) is 20.0 Å². The third kappa shape index (κ3) is 2.76. The predicted octanol–water partition coefficient (Wildman–Crippen LogP) is 4.30. The van der Waals surface area contributed by atoms with Crippen molar-refractivity contribution in [2.75, 3.05) is 6.61 Å². The van der Waals surface area contributed by atoms with Gasteiger partial charge in [-0.25, -0.2) is 0 Å². The summed E-state index contributed by atoms with van der Waals surface area (Å²) in [5.74, 6) is 0.808. The van der Waals surface area contributed by atoms with E-state index < -0.39 is 6.10 Å². The van der Waals surface area contributed by atoms with Gasteiger partial charge in [0.2, 0.25) is 0 Å². The van der Waals surface area contributed by atoms with Crippen LogP contribution in [-0.2, 0) is 0 Å². The lowest BCUT2D eigenvalue weighted by Gasteiger charge is -2.14. The van der Waals surface area contributed by atoms with Gasteiger partial charge in [-0.3, -0.25) is 0 Å². The molecule has 0 saturated heterocycles. The van der Waals surface area contributed by atoms with E-state index in [9.17, 15) is 5.11 Å². The van der Waals surface area contributed by atoms with Crippen molar-refractivity contribution in [2.24, 2.45) is 0 Å². The van der Waals surface area contributed by atoms with Crippen LogP contribution in [0.1, 0.15) is 29.7 Å². The number of aryl methyl sites for hydroxylation is 1. The zero-order valence-electron chi connectivity index (χ0n) is 10.3. The highest BCUT2D eigenvalue weighted by atomic mass is 79.9. The van der Waals surface area contributed by atoms with Crippen LogP contribution in [0.25, 0.3) is 0 Å². The van der Waals surface area contributed by atoms with E-state index in [1.165, 1.54) is 0 Å². The number of thiophene rings is 1. The number of hydrogen-bond donors (Lipinski definition) is 1. The quantitative estimate of drug-likeness (QED) is 0.907.